The summed E-state index contributed by atoms with van der Waals surface area (Å²) in [7, 11) is 1.91. The molecule has 1 heterocycles. The normalized spacial score (nSPS) is 18.4. The third-order valence-corrected chi connectivity index (χ3v) is 6.64. The van der Waals surface area contributed by atoms with Crippen molar-refractivity contribution in [2.75, 3.05) is 6.54 Å². The summed E-state index contributed by atoms with van der Waals surface area (Å²) >= 11 is 0. The Morgan fingerprint density at radius 2 is 1.72 bits per heavy atom. The third kappa shape index (κ3) is 5.21. The number of fused-ring (bicyclic) bond motifs is 1. The van der Waals surface area contributed by atoms with Crippen LogP contribution < -0.4 is 10.6 Å². The van der Waals surface area contributed by atoms with Crippen molar-refractivity contribution >= 4 is 22.7 Å². The van der Waals surface area contributed by atoms with E-state index in [1.165, 1.54) is 5.56 Å². The molecule has 2 atom stereocenters. The highest BCUT2D eigenvalue weighted by molar-refractivity contribution is 5.99. The molecule has 5 heteroatoms. The molecule has 0 radical (unpaired) electrons. The maximum atomic E-state index is 13.0. The molecule has 2 amide bonds. The van der Waals surface area contributed by atoms with Crippen LogP contribution in [0.4, 0.5) is 0 Å². The number of aromatic nitrogens is 1. The van der Waals surface area contributed by atoms with Gasteiger partial charge in [-0.05, 0) is 49.8 Å². The van der Waals surface area contributed by atoms with Gasteiger partial charge in [0.15, 0.2) is 0 Å². The van der Waals surface area contributed by atoms with E-state index >= 15 is 0 Å². The fraction of sp³-hybridized carbons (Fsp3) is 0.407. The summed E-state index contributed by atoms with van der Waals surface area (Å²) < 4.78 is 1.93. The molecule has 1 saturated carbocycles. The van der Waals surface area contributed by atoms with Crippen molar-refractivity contribution in [1.29, 1.82) is 0 Å². The quantitative estimate of drug-likeness (QED) is 0.512. The highest BCUT2D eigenvalue weighted by atomic mass is 16.2. The van der Waals surface area contributed by atoms with Gasteiger partial charge in [-0.3, -0.25) is 9.59 Å². The number of rotatable bonds is 8. The van der Waals surface area contributed by atoms with Crippen LogP contribution in [0.3, 0.4) is 0 Å². The van der Waals surface area contributed by atoms with Gasteiger partial charge in [0.05, 0.1) is 5.92 Å². The van der Waals surface area contributed by atoms with Crippen molar-refractivity contribution in [1.82, 2.24) is 15.2 Å². The maximum absolute atomic E-state index is 13.0. The number of amides is 2. The first-order chi connectivity index (χ1) is 15.6. The van der Waals surface area contributed by atoms with Crippen molar-refractivity contribution in [2.24, 2.45) is 13.0 Å². The molecule has 1 aliphatic carbocycles. The molecule has 0 aliphatic heterocycles. The number of hydrogen-bond donors (Lipinski definition) is 2. The molecule has 0 bridgehead atoms. The largest absolute Gasteiger partial charge is 0.356 e. The van der Waals surface area contributed by atoms with E-state index in [1.807, 2.05) is 48.0 Å². The van der Waals surface area contributed by atoms with Crippen LogP contribution in [-0.2, 0) is 18.3 Å². The first kappa shape index (κ1) is 22.1. The van der Waals surface area contributed by atoms with E-state index in [9.17, 15) is 9.59 Å². The van der Waals surface area contributed by atoms with Gasteiger partial charge in [0.25, 0.3) is 5.91 Å². The predicted molar refractivity (Wildman–Crippen MR) is 129 cm³/mol. The molecule has 168 valence electrons. The van der Waals surface area contributed by atoms with Crippen LogP contribution in [0.2, 0.25) is 0 Å². The van der Waals surface area contributed by atoms with Gasteiger partial charge in [0.2, 0.25) is 5.91 Å². The number of benzene rings is 2. The zero-order valence-electron chi connectivity index (χ0n) is 18.8. The van der Waals surface area contributed by atoms with Crippen molar-refractivity contribution in [3.63, 3.8) is 0 Å². The lowest BCUT2D eigenvalue weighted by atomic mass is 9.83. The number of carbonyl (C=O) groups excluding carboxylic acids is 2. The standard InChI is InChI=1S/C27H33N3O2/c1-30-24-17-8-5-14-21(24)19-25(30)27(32)29-23-16-7-6-15-22(23)26(31)28-18-10-9-13-20-11-3-2-4-12-20/h2-5,8,11-12,14,17,19,22-23H,6-7,9-10,13,15-16,18H2,1H3,(H,28,31)(H,29,32)/t22-,23+/m1/s1. The molecule has 1 aliphatic rings. The Labute approximate surface area is 190 Å². The molecule has 5 nitrogen and oxygen atoms in total. The highest BCUT2D eigenvalue weighted by Crippen LogP contribution is 2.26. The number of unbranched alkanes of at least 4 members (excludes halogenated alkanes) is 1. The van der Waals surface area contributed by atoms with Crippen molar-refractivity contribution in [2.45, 2.75) is 51.0 Å². The predicted octanol–water partition coefficient (Wildman–Crippen LogP) is 4.61. The number of hydrogen-bond acceptors (Lipinski definition) is 2. The van der Waals surface area contributed by atoms with Gasteiger partial charge >= 0.3 is 0 Å². The number of carbonyl (C=O) groups is 2. The van der Waals surface area contributed by atoms with E-state index < -0.39 is 0 Å². The fourth-order valence-electron chi connectivity index (χ4n) is 4.81. The molecular weight excluding hydrogens is 398 g/mol. The minimum atomic E-state index is -0.156. The Kier molecular flexibility index (Phi) is 7.25. The van der Waals surface area contributed by atoms with Gasteiger partial charge in [-0.2, -0.15) is 0 Å². The van der Waals surface area contributed by atoms with E-state index in [1.54, 1.807) is 0 Å². The second-order valence-corrected chi connectivity index (χ2v) is 8.85. The number of aryl methyl sites for hydroxylation is 2. The molecular formula is C27H33N3O2. The van der Waals surface area contributed by atoms with Crippen LogP contribution in [0, 0.1) is 5.92 Å². The van der Waals surface area contributed by atoms with Gasteiger partial charge in [-0.25, -0.2) is 0 Å². The average molecular weight is 432 g/mol. The molecule has 0 spiro atoms. The summed E-state index contributed by atoms with van der Waals surface area (Å²) in [6, 6.07) is 20.2. The monoisotopic (exact) mass is 431 g/mol. The van der Waals surface area contributed by atoms with E-state index in [-0.39, 0.29) is 23.8 Å². The van der Waals surface area contributed by atoms with Gasteiger partial charge < -0.3 is 15.2 Å². The molecule has 1 aromatic heterocycles. The second kappa shape index (κ2) is 10.5. The summed E-state index contributed by atoms with van der Waals surface area (Å²) in [5.41, 5.74) is 3.00. The van der Waals surface area contributed by atoms with E-state index in [4.69, 9.17) is 0 Å². The Balaban J connectivity index is 1.30. The minimum Gasteiger partial charge on any atom is -0.356 e. The Morgan fingerprint density at radius 1 is 0.969 bits per heavy atom. The zero-order chi connectivity index (χ0) is 22.3. The van der Waals surface area contributed by atoms with Crippen molar-refractivity contribution in [3.8, 4) is 0 Å². The summed E-state index contributed by atoms with van der Waals surface area (Å²) in [5, 5.41) is 7.34. The van der Waals surface area contributed by atoms with Crippen molar-refractivity contribution < 1.29 is 9.59 Å². The topological polar surface area (TPSA) is 63.1 Å². The second-order valence-electron chi connectivity index (χ2n) is 8.85. The molecule has 0 unspecified atom stereocenters. The lowest BCUT2D eigenvalue weighted by molar-refractivity contribution is -0.126. The molecule has 2 N–H and O–H groups in total. The van der Waals surface area contributed by atoms with E-state index in [0.29, 0.717) is 12.2 Å². The van der Waals surface area contributed by atoms with Gasteiger partial charge in [-0.15, -0.1) is 0 Å². The van der Waals surface area contributed by atoms with Crippen LogP contribution in [0.25, 0.3) is 10.9 Å². The van der Waals surface area contributed by atoms with Crippen LogP contribution in [0.1, 0.15) is 54.6 Å². The molecule has 2 aromatic carbocycles. The lowest BCUT2D eigenvalue weighted by Gasteiger charge is -2.31. The van der Waals surface area contributed by atoms with Crippen LogP contribution in [0.5, 0.6) is 0 Å². The Bertz CT molecular complexity index is 1060. The summed E-state index contributed by atoms with van der Waals surface area (Å²) in [4.78, 5) is 25.9. The average Bonchev–Trinajstić information content (AvgIpc) is 3.16. The summed E-state index contributed by atoms with van der Waals surface area (Å²) in [5.74, 6) is -0.181. The van der Waals surface area contributed by atoms with E-state index in [2.05, 4.69) is 34.9 Å². The highest BCUT2D eigenvalue weighted by Gasteiger charge is 2.32. The van der Waals surface area contributed by atoms with Gasteiger partial charge in [-0.1, -0.05) is 61.4 Å². The first-order valence-electron chi connectivity index (χ1n) is 11.8. The molecule has 3 aromatic rings. The smallest absolute Gasteiger partial charge is 0.268 e. The summed E-state index contributed by atoms with van der Waals surface area (Å²) in [6.45, 7) is 0.687. The maximum Gasteiger partial charge on any atom is 0.268 e. The van der Waals surface area contributed by atoms with Crippen LogP contribution in [-0.4, -0.2) is 29.0 Å². The van der Waals surface area contributed by atoms with Crippen molar-refractivity contribution in [3.05, 3.63) is 71.9 Å². The number of para-hydroxylation sites is 1. The Morgan fingerprint density at radius 3 is 2.53 bits per heavy atom. The SMILES string of the molecule is Cn1c(C(=O)N[C@H]2CCCC[C@H]2C(=O)NCCCCc2ccccc2)cc2ccccc21. The summed E-state index contributed by atoms with van der Waals surface area (Å²) in [6.07, 6.45) is 6.80. The lowest BCUT2D eigenvalue weighted by Crippen LogP contribution is -2.48. The zero-order valence-corrected chi connectivity index (χ0v) is 18.8. The Hall–Kier alpha value is -3.08. The van der Waals surface area contributed by atoms with E-state index in [0.717, 1.165) is 55.8 Å². The van der Waals surface area contributed by atoms with Crippen LogP contribution >= 0.6 is 0 Å². The number of nitrogens with one attached hydrogen (secondary N) is 2. The first-order valence-corrected chi connectivity index (χ1v) is 11.8. The van der Waals surface area contributed by atoms with Gasteiger partial charge in [0.1, 0.15) is 5.69 Å². The fourth-order valence-corrected chi connectivity index (χ4v) is 4.81. The molecule has 32 heavy (non-hydrogen) atoms. The molecule has 0 saturated heterocycles. The third-order valence-electron chi connectivity index (χ3n) is 6.64. The number of nitrogens with zero attached hydrogens (tertiary/aromatic N) is 1. The van der Waals surface area contributed by atoms with Crippen LogP contribution in [0.15, 0.2) is 60.7 Å². The minimum absolute atomic E-state index is 0.0757. The molecule has 1 fully saturated rings. The van der Waals surface area contributed by atoms with Gasteiger partial charge in [0, 0.05) is 30.5 Å². The molecule has 4 rings (SSSR count).